The van der Waals surface area contributed by atoms with Gasteiger partial charge in [0.2, 0.25) is 5.91 Å². The fraction of sp³-hybridized carbons (Fsp3) is 0.227. The van der Waals surface area contributed by atoms with E-state index in [4.69, 9.17) is 18.6 Å². The number of benzene rings is 2. The fourth-order valence-electron chi connectivity index (χ4n) is 2.78. The Morgan fingerprint density at radius 1 is 1.03 bits per heavy atom. The maximum atomic E-state index is 12.0. The number of esters is 1. The first-order valence-corrected chi connectivity index (χ1v) is 9.21. The topological polar surface area (TPSA) is 104 Å². The lowest BCUT2D eigenvalue weighted by atomic mass is 10.1. The number of hydrogen-bond acceptors (Lipinski definition) is 7. The van der Waals surface area contributed by atoms with Crippen LogP contribution in [0.15, 0.2) is 57.7 Å². The lowest BCUT2D eigenvalue weighted by Gasteiger charge is -2.09. The van der Waals surface area contributed by atoms with Crippen LogP contribution in [0.1, 0.15) is 18.9 Å². The van der Waals surface area contributed by atoms with Gasteiger partial charge in [0.25, 0.3) is 0 Å². The van der Waals surface area contributed by atoms with Crippen LogP contribution >= 0.6 is 0 Å². The largest absolute Gasteiger partial charge is 0.497 e. The van der Waals surface area contributed by atoms with Gasteiger partial charge in [-0.15, -0.1) is 0 Å². The van der Waals surface area contributed by atoms with Gasteiger partial charge in [-0.25, -0.2) is 4.79 Å². The van der Waals surface area contributed by atoms with E-state index in [1.807, 2.05) is 0 Å². The Balaban J connectivity index is 1.58. The van der Waals surface area contributed by atoms with Crippen molar-refractivity contribution in [3.8, 4) is 11.5 Å². The molecule has 0 saturated heterocycles. The lowest BCUT2D eigenvalue weighted by Crippen LogP contribution is -2.11. The summed E-state index contributed by atoms with van der Waals surface area (Å²) >= 11 is 0. The van der Waals surface area contributed by atoms with E-state index in [0.717, 1.165) is 0 Å². The van der Waals surface area contributed by atoms with Gasteiger partial charge in [-0.2, -0.15) is 0 Å². The Morgan fingerprint density at radius 2 is 1.77 bits per heavy atom. The summed E-state index contributed by atoms with van der Waals surface area (Å²) in [7, 11) is 1.58. The lowest BCUT2D eigenvalue weighted by molar-refractivity contribution is -0.145. The molecule has 1 aromatic heterocycles. The molecular formula is C22H21NO7. The fourth-order valence-corrected chi connectivity index (χ4v) is 2.78. The van der Waals surface area contributed by atoms with Crippen LogP contribution in [-0.4, -0.2) is 25.6 Å². The molecule has 0 bridgehead atoms. The van der Waals surface area contributed by atoms with Gasteiger partial charge in [0.05, 0.1) is 20.1 Å². The van der Waals surface area contributed by atoms with Crippen molar-refractivity contribution in [2.45, 2.75) is 20.0 Å². The highest BCUT2D eigenvalue weighted by molar-refractivity contribution is 5.92. The molecule has 0 radical (unpaired) electrons. The zero-order chi connectivity index (χ0) is 21.5. The first kappa shape index (κ1) is 20.9. The van der Waals surface area contributed by atoms with E-state index in [-0.39, 0.29) is 25.5 Å². The van der Waals surface area contributed by atoms with Crippen molar-refractivity contribution in [3.05, 3.63) is 64.5 Å². The Hall–Kier alpha value is -3.81. The second-order valence-electron chi connectivity index (χ2n) is 6.42. The SMILES string of the molecule is COc1ccc(OCCC(=O)OCc2cc(=O)oc3cc(NC(C)=O)ccc23)cc1. The van der Waals surface area contributed by atoms with E-state index in [9.17, 15) is 14.4 Å². The molecule has 0 aliphatic carbocycles. The molecule has 8 heteroatoms. The second-order valence-corrected chi connectivity index (χ2v) is 6.42. The molecule has 0 spiro atoms. The summed E-state index contributed by atoms with van der Waals surface area (Å²) in [5.41, 5.74) is 0.738. The average molecular weight is 411 g/mol. The molecule has 0 aliphatic rings. The summed E-state index contributed by atoms with van der Waals surface area (Å²) in [5, 5.41) is 3.24. The van der Waals surface area contributed by atoms with E-state index in [1.165, 1.54) is 13.0 Å². The Morgan fingerprint density at radius 3 is 2.47 bits per heavy atom. The van der Waals surface area contributed by atoms with E-state index in [1.54, 1.807) is 49.6 Å². The minimum absolute atomic E-state index is 0.0537. The maximum absolute atomic E-state index is 12.0. The number of anilines is 1. The summed E-state index contributed by atoms with van der Waals surface area (Å²) < 4.78 is 21.0. The van der Waals surface area contributed by atoms with Crippen molar-refractivity contribution < 1.29 is 28.2 Å². The smallest absolute Gasteiger partial charge is 0.336 e. The molecule has 1 amide bonds. The van der Waals surface area contributed by atoms with Crippen molar-refractivity contribution >= 4 is 28.5 Å². The standard InChI is InChI=1S/C22H21NO7/c1-14(24)23-16-3-8-19-15(11-22(26)30-20(19)12-16)13-29-21(25)9-10-28-18-6-4-17(27-2)5-7-18/h3-8,11-12H,9-10,13H2,1-2H3,(H,23,24). The quantitative estimate of drug-likeness (QED) is 0.448. The van der Waals surface area contributed by atoms with Gasteiger partial charge in [-0.3, -0.25) is 9.59 Å². The summed E-state index contributed by atoms with van der Waals surface area (Å²) in [5.74, 6) is 0.633. The van der Waals surface area contributed by atoms with Crippen LogP contribution < -0.4 is 20.4 Å². The average Bonchev–Trinajstić information content (AvgIpc) is 2.71. The van der Waals surface area contributed by atoms with Gasteiger partial charge in [0.1, 0.15) is 23.7 Å². The third kappa shape index (κ3) is 5.60. The first-order valence-electron chi connectivity index (χ1n) is 9.21. The Bertz CT molecular complexity index is 1100. The van der Waals surface area contributed by atoms with Crippen molar-refractivity contribution in [2.24, 2.45) is 0 Å². The predicted octanol–water partition coefficient (Wildman–Crippen LogP) is 3.27. The monoisotopic (exact) mass is 411 g/mol. The van der Waals surface area contributed by atoms with Crippen molar-refractivity contribution in [1.82, 2.24) is 0 Å². The third-order valence-electron chi connectivity index (χ3n) is 4.17. The van der Waals surface area contributed by atoms with Gasteiger partial charge in [0, 0.05) is 35.7 Å². The minimum Gasteiger partial charge on any atom is -0.497 e. The molecule has 156 valence electrons. The van der Waals surface area contributed by atoms with Gasteiger partial charge in [-0.05, 0) is 36.4 Å². The number of nitrogens with one attached hydrogen (secondary N) is 1. The minimum atomic E-state index is -0.573. The summed E-state index contributed by atoms with van der Waals surface area (Å²) in [6, 6.07) is 13.2. The number of ether oxygens (including phenoxy) is 3. The number of methoxy groups -OCH3 is 1. The zero-order valence-electron chi connectivity index (χ0n) is 16.6. The molecule has 0 saturated carbocycles. The molecule has 0 aliphatic heterocycles. The van der Waals surface area contributed by atoms with Crippen molar-refractivity contribution in [1.29, 1.82) is 0 Å². The molecule has 1 heterocycles. The van der Waals surface area contributed by atoms with Crippen LogP contribution in [-0.2, 0) is 20.9 Å². The molecule has 3 aromatic rings. The van der Waals surface area contributed by atoms with Crippen molar-refractivity contribution in [3.63, 3.8) is 0 Å². The highest BCUT2D eigenvalue weighted by atomic mass is 16.5. The molecule has 0 unspecified atom stereocenters. The van der Waals surface area contributed by atoms with Crippen LogP contribution in [0.2, 0.25) is 0 Å². The molecule has 8 nitrogen and oxygen atoms in total. The maximum Gasteiger partial charge on any atom is 0.336 e. The van der Waals surface area contributed by atoms with E-state index in [2.05, 4.69) is 5.32 Å². The summed E-state index contributed by atoms with van der Waals surface area (Å²) in [6.07, 6.45) is 0.0537. The highest BCUT2D eigenvalue weighted by Crippen LogP contribution is 2.22. The molecule has 0 fully saturated rings. The zero-order valence-corrected chi connectivity index (χ0v) is 16.6. The second kappa shape index (κ2) is 9.60. The number of rotatable bonds is 8. The first-order chi connectivity index (χ1) is 14.4. The third-order valence-corrected chi connectivity index (χ3v) is 4.17. The predicted molar refractivity (Wildman–Crippen MR) is 110 cm³/mol. The number of carbonyl (C=O) groups excluding carboxylic acids is 2. The number of hydrogen-bond donors (Lipinski definition) is 1. The van der Waals surface area contributed by atoms with Gasteiger partial charge in [0.15, 0.2) is 0 Å². The molecular weight excluding hydrogens is 390 g/mol. The van der Waals surface area contributed by atoms with Crippen LogP contribution in [0.3, 0.4) is 0 Å². The Kier molecular flexibility index (Phi) is 6.69. The van der Waals surface area contributed by atoms with Crippen LogP contribution in [0.25, 0.3) is 11.0 Å². The molecule has 3 rings (SSSR count). The summed E-state index contributed by atoms with van der Waals surface area (Å²) in [4.78, 5) is 35.1. The molecule has 1 N–H and O–H groups in total. The van der Waals surface area contributed by atoms with Gasteiger partial charge < -0.3 is 23.9 Å². The van der Waals surface area contributed by atoms with Crippen molar-refractivity contribution in [2.75, 3.05) is 19.0 Å². The normalized spacial score (nSPS) is 10.5. The van der Waals surface area contributed by atoms with Gasteiger partial charge in [-0.1, -0.05) is 0 Å². The molecule has 0 atom stereocenters. The van der Waals surface area contributed by atoms with E-state index < -0.39 is 11.6 Å². The van der Waals surface area contributed by atoms with E-state index >= 15 is 0 Å². The highest BCUT2D eigenvalue weighted by Gasteiger charge is 2.10. The van der Waals surface area contributed by atoms with Crippen LogP contribution in [0, 0.1) is 0 Å². The number of fused-ring (bicyclic) bond motifs is 1. The number of carbonyl (C=O) groups is 2. The van der Waals surface area contributed by atoms with Gasteiger partial charge >= 0.3 is 11.6 Å². The van der Waals surface area contributed by atoms with E-state index in [0.29, 0.717) is 33.7 Å². The van der Waals surface area contributed by atoms with Crippen LogP contribution in [0.5, 0.6) is 11.5 Å². The molecule has 2 aromatic carbocycles. The molecule has 30 heavy (non-hydrogen) atoms. The summed E-state index contributed by atoms with van der Waals surface area (Å²) in [6.45, 7) is 1.46. The Labute approximate surface area is 172 Å². The van der Waals surface area contributed by atoms with Crippen LogP contribution in [0.4, 0.5) is 5.69 Å². The number of amides is 1.